The highest BCUT2D eigenvalue weighted by molar-refractivity contribution is 5.85. The lowest BCUT2D eigenvalue weighted by Crippen LogP contribution is -2.16. The summed E-state index contributed by atoms with van der Waals surface area (Å²) in [6.07, 6.45) is -5.12. The maximum absolute atomic E-state index is 13.9. The maximum atomic E-state index is 13.9. The van der Waals surface area contributed by atoms with E-state index in [1.807, 2.05) is 0 Å². The number of hydrogen-bond donors (Lipinski definition) is 0. The molecule has 4 nitrogen and oxygen atoms in total. The molecule has 0 aliphatic rings. The van der Waals surface area contributed by atoms with Gasteiger partial charge in [0.2, 0.25) is 17.0 Å². The molecule has 0 N–H and O–H groups in total. The quantitative estimate of drug-likeness (QED) is 0.167. The first-order chi connectivity index (χ1) is 17.0. The molecule has 188 valence electrons. The largest absolute Gasteiger partial charge is 0.496 e. The average Bonchev–Trinajstić information content (AvgIpc) is 2.85. The first-order valence-corrected chi connectivity index (χ1v) is 9.90. The highest BCUT2D eigenvalue weighted by Gasteiger charge is 2.40. The Kier molecular flexibility index (Phi) is 6.37. The van der Waals surface area contributed by atoms with Crippen LogP contribution < -0.4 is 14.9 Å². The van der Waals surface area contributed by atoms with Crippen LogP contribution in [0.3, 0.4) is 0 Å². The third-order valence-electron chi connectivity index (χ3n) is 5.18. The Balaban J connectivity index is 1.81. The second-order valence-corrected chi connectivity index (χ2v) is 7.33. The third kappa shape index (κ3) is 4.23. The minimum Gasteiger partial charge on any atom is -0.496 e. The molecule has 1 aromatic heterocycles. The van der Waals surface area contributed by atoms with Crippen molar-refractivity contribution >= 4 is 11.0 Å². The fourth-order valence-electron chi connectivity index (χ4n) is 3.49. The summed E-state index contributed by atoms with van der Waals surface area (Å²) in [6.45, 7) is -1.16. The minimum atomic E-state index is -5.12. The van der Waals surface area contributed by atoms with Gasteiger partial charge in [-0.05, 0) is 18.2 Å². The van der Waals surface area contributed by atoms with Crippen LogP contribution in [-0.4, -0.2) is 7.11 Å². The van der Waals surface area contributed by atoms with Gasteiger partial charge >= 0.3 is 6.18 Å². The molecule has 36 heavy (non-hydrogen) atoms. The zero-order chi connectivity index (χ0) is 26.4. The Morgan fingerprint density at radius 3 is 2.08 bits per heavy atom. The number of para-hydroxylation sites is 1. The van der Waals surface area contributed by atoms with Gasteiger partial charge in [0.15, 0.2) is 23.3 Å². The lowest BCUT2D eigenvalue weighted by Gasteiger charge is -2.15. The van der Waals surface area contributed by atoms with Crippen molar-refractivity contribution in [1.29, 1.82) is 0 Å². The normalized spacial score (nSPS) is 11.7. The van der Waals surface area contributed by atoms with Crippen molar-refractivity contribution in [2.75, 3.05) is 7.11 Å². The maximum Gasteiger partial charge on any atom is 0.450 e. The number of rotatable bonds is 5. The first kappa shape index (κ1) is 25.0. The van der Waals surface area contributed by atoms with Crippen LogP contribution in [0, 0.1) is 29.1 Å². The van der Waals surface area contributed by atoms with Crippen molar-refractivity contribution in [3.63, 3.8) is 0 Å². The van der Waals surface area contributed by atoms with Gasteiger partial charge in [0, 0.05) is 11.6 Å². The number of methoxy groups -OCH3 is 1. The molecule has 3 aromatic carbocycles. The number of alkyl halides is 3. The van der Waals surface area contributed by atoms with Crippen molar-refractivity contribution in [1.82, 2.24) is 0 Å². The van der Waals surface area contributed by atoms with Gasteiger partial charge in [0.1, 0.15) is 23.7 Å². The Labute approximate surface area is 196 Å². The van der Waals surface area contributed by atoms with Gasteiger partial charge in [-0.25, -0.2) is 22.0 Å². The van der Waals surface area contributed by atoms with Crippen LogP contribution in [0.1, 0.15) is 11.3 Å². The molecule has 0 radical (unpaired) electrons. The molecule has 4 rings (SSSR count). The summed E-state index contributed by atoms with van der Waals surface area (Å²) in [7, 11) is 1.21. The van der Waals surface area contributed by atoms with Gasteiger partial charge in [0.05, 0.1) is 23.6 Å². The molecule has 0 unspecified atom stereocenters. The zero-order valence-electron chi connectivity index (χ0n) is 17.9. The molecular weight excluding hydrogens is 504 g/mol. The monoisotopic (exact) mass is 516 g/mol. The van der Waals surface area contributed by atoms with Crippen LogP contribution in [0.25, 0.3) is 22.1 Å². The highest BCUT2D eigenvalue weighted by atomic mass is 19.4. The lowest BCUT2D eigenvalue weighted by atomic mass is 10.0. The summed E-state index contributed by atoms with van der Waals surface area (Å²) >= 11 is 0. The van der Waals surface area contributed by atoms with Crippen LogP contribution in [0.2, 0.25) is 0 Å². The molecule has 12 heteroatoms. The SMILES string of the molecule is COc1ccccc1-c1c(C(F)(F)F)oc2cc(OCc3c(F)c(F)c(F)c(F)c3F)ccc2c1=O. The van der Waals surface area contributed by atoms with Crippen LogP contribution in [-0.2, 0) is 12.8 Å². The first-order valence-electron chi connectivity index (χ1n) is 9.90. The van der Waals surface area contributed by atoms with Gasteiger partial charge in [-0.2, -0.15) is 13.2 Å². The zero-order valence-corrected chi connectivity index (χ0v) is 17.9. The van der Waals surface area contributed by atoms with E-state index in [-0.39, 0.29) is 22.4 Å². The predicted octanol–water partition coefficient (Wildman–Crippen LogP) is 6.76. The molecule has 1 heterocycles. The molecule has 0 atom stereocenters. The van der Waals surface area contributed by atoms with Crippen molar-refractivity contribution in [3.8, 4) is 22.6 Å². The Hall–Kier alpha value is -4.09. The van der Waals surface area contributed by atoms with Crippen LogP contribution in [0.5, 0.6) is 11.5 Å². The van der Waals surface area contributed by atoms with Crippen molar-refractivity contribution in [2.24, 2.45) is 0 Å². The van der Waals surface area contributed by atoms with E-state index in [0.29, 0.717) is 0 Å². The molecule has 0 fully saturated rings. The van der Waals surface area contributed by atoms with E-state index in [9.17, 15) is 39.9 Å². The fourth-order valence-corrected chi connectivity index (χ4v) is 3.49. The molecule has 0 amide bonds. The van der Waals surface area contributed by atoms with Crippen LogP contribution in [0.15, 0.2) is 51.7 Å². The number of benzene rings is 3. The van der Waals surface area contributed by atoms with E-state index in [1.54, 1.807) is 0 Å². The van der Waals surface area contributed by atoms with E-state index in [0.717, 1.165) is 18.2 Å². The van der Waals surface area contributed by atoms with E-state index in [1.165, 1.54) is 31.4 Å². The number of ether oxygens (including phenoxy) is 2. The Bertz CT molecular complexity index is 1510. The molecule has 0 saturated heterocycles. The van der Waals surface area contributed by atoms with Gasteiger partial charge in [-0.3, -0.25) is 4.79 Å². The molecule has 0 spiro atoms. The molecule has 0 aliphatic carbocycles. The highest BCUT2D eigenvalue weighted by Crippen LogP contribution is 2.40. The van der Waals surface area contributed by atoms with E-state index in [2.05, 4.69) is 0 Å². The van der Waals surface area contributed by atoms with Crippen LogP contribution >= 0.6 is 0 Å². The molecule has 0 aliphatic heterocycles. The van der Waals surface area contributed by atoms with Crippen molar-refractivity contribution in [3.05, 3.63) is 93.1 Å². The number of hydrogen-bond acceptors (Lipinski definition) is 4. The molecule has 0 bridgehead atoms. The Morgan fingerprint density at radius 1 is 0.861 bits per heavy atom. The fraction of sp³-hybridized carbons (Fsp3) is 0.125. The van der Waals surface area contributed by atoms with Gasteiger partial charge in [-0.1, -0.05) is 18.2 Å². The van der Waals surface area contributed by atoms with E-state index < -0.39 is 69.8 Å². The molecule has 4 aromatic rings. The summed E-state index contributed by atoms with van der Waals surface area (Å²) in [5, 5.41) is -0.299. The summed E-state index contributed by atoms with van der Waals surface area (Å²) in [5.74, 6) is -13.0. The summed E-state index contributed by atoms with van der Waals surface area (Å²) in [4.78, 5) is 13.1. The molecular formula is C24H12F8O4. The van der Waals surface area contributed by atoms with Gasteiger partial charge in [0.25, 0.3) is 0 Å². The lowest BCUT2D eigenvalue weighted by molar-refractivity contribution is -0.152. The summed E-state index contributed by atoms with van der Waals surface area (Å²) in [5.41, 5.74) is -3.92. The van der Waals surface area contributed by atoms with E-state index >= 15 is 0 Å². The number of halogens is 8. The second-order valence-electron chi connectivity index (χ2n) is 7.33. The Morgan fingerprint density at radius 2 is 1.47 bits per heavy atom. The predicted molar refractivity (Wildman–Crippen MR) is 110 cm³/mol. The van der Waals surface area contributed by atoms with Crippen molar-refractivity contribution in [2.45, 2.75) is 12.8 Å². The third-order valence-corrected chi connectivity index (χ3v) is 5.18. The van der Waals surface area contributed by atoms with Gasteiger partial charge in [-0.15, -0.1) is 0 Å². The summed E-state index contributed by atoms with van der Waals surface area (Å²) < 4.78 is 124. The number of fused-ring (bicyclic) bond motifs is 1. The standard InChI is InChI=1S/C24H12F8O4/c1-34-14-5-3-2-4-11(14)16-22(33)12-7-6-10(8-15(12)36-23(16)24(30,31)32)35-9-13-17(25)19(27)21(29)20(28)18(13)26/h2-8H,9H2,1H3. The topological polar surface area (TPSA) is 48.7 Å². The van der Waals surface area contributed by atoms with Gasteiger partial charge < -0.3 is 13.9 Å². The summed E-state index contributed by atoms with van der Waals surface area (Å²) in [6, 6.07) is 8.41. The molecule has 0 saturated carbocycles. The average molecular weight is 516 g/mol. The van der Waals surface area contributed by atoms with Crippen LogP contribution in [0.4, 0.5) is 35.1 Å². The smallest absolute Gasteiger partial charge is 0.450 e. The van der Waals surface area contributed by atoms with E-state index in [4.69, 9.17) is 13.9 Å². The van der Waals surface area contributed by atoms with Crippen molar-refractivity contribution < 1.29 is 49.0 Å². The minimum absolute atomic E-state index is 0.0163. The second kappa shape index (κ2) is 9.17.